The fraction of sp³-hybridized carbons (Fsp3) is 0.583. The first kappa shape index (κ1) is 14.2. The quantitative estimate of drug-likeness (QED) is 0.564. The maximum absolute atomic E-state index is 11.8. The molecule has 2 rings (SSSR count). The third kappa shape index (κ3) is 2.84. The molecule has 1 aromatic rings. The molecule has 0 saturated carbocycles. The van der Waals surface area contributed by atoms with Crippen LogP contribution in [0.5, 0.6) is 0 Å². The van der Waals surface area contributed by atoms with Gasteiger partial charge in [0.1, 0.15) is 11.5 Å². The van der Waals surface area contributed by atoms with E-state index in [1.54, 1.807) is 0 Å². The van der Waals surface area contributed by atoms with E-state index in [4.69, 9.17) is 5.73 Å². The number of nitrogens with zero attached hydrogens (tertiary/aromatic N) is 1. The SMILES string of the molecule is CCCn1c(N)c(NCC2CCC(=O)N2)c(=O)[nH]c1=O. The van der Waals surface area contributed by atoms with E-state index in [1.807, 2.05) is 6.92 Å². The van der Waals surface area contributed by atoms with Gasteiger partial charge >= 0.3 is 5.69 Å². The van der Waals surface area contributed by atoms with Crippen LogP contribution < -0.4 is 27.6 Å². The van der Waals surface area contributed by atoms with Crippen LogP contribution in [0.1, 0.15) is 26.2 Å². The predicted octanol–water partition coefficient (Wildman–Crippen LogP) is -0.781. The number of carbonyl (C=O) groups is 1. The summed E-state index contributed by atoms with van der Waals surface area (Å²) in [6, 6.07) is -0.0205. The molecule has 1 saturated heterocycles. The highest BCUT2D eigenvalue weighted by atomic mass is 16.2. The van der Waals surface area contributed by atoms with Gasteiger partial charge in [-0.25, -0.2) is 4.79 Å². The molecule has 0 spiro atoms. The molecular formula is C12H19N5O3. The molecule has 110 valence electrons. The Labute approximate surface area is 115 Å². The molecule has 0 radical (unpaired) electrons. The van der Waals surface area contributed by atoms with Crippen LogP contribution in [0.2, 0.25) is 0 Å². The number of nitrogen functional groups attached to an aromatic ring is 1. The molecule has 2 heterocycles. The van der Waals surface area contributed by atoms with Crippen molar-refractivity contribution in [2.75, 3.05) is 17.6 Å². The summed E-state index contributed by atoms with van der Waals surface area (Å²) in [5.74, 6) is 0.138. The minimum Gasteiger partial charge on any atom is -0.383 e. The van der Waals surface area contributed by atoms with Crippen LogP contribution in [0.15, 0.2) is 9.59 Å². The number of hydrogen-bond acceptors (Lipinski definition) is 5. The van der Waals surface area contributed by atoms with Gasteiger partial charge in [0, 0.05) is 25.6 Å². The van der Waals surface area contributed by atoms with Crippen molar-refractivity contribution in [1.82, 2.24) is 14.9 Å². The van der Waals surface area contributed by atoms with Crippen molar-refractivity contribution in [2.24, 2.45) is 0 Å². The van der Waals surface area contributed by atoms with Gasteiger partial charge in [0.2, 0.25) is 5.91 Å². The van der Waals surface area contributed by atoms with Crippen LogP contribution >= 0.6 is 0 Å². The Balaban J connectivity index is 2.18. The van der Waals surface area contributed by atoms with Crippen LogP contribution in [0, 0.1) is 0 Å². The van der Waals surface area contributed by atoms with Crippen molar-refractivity contribution in [3.63, 3.8) is 0 Å². The maximum atomic E-state index is 11.8. The highest BCUT2D eigenvalue weighted by Gasteiger charge is 2.21. The number of anilines is 2. The van der Waals surface area contributed by atoms with E-state index in [9.17, 15) is 14.4 Å². The van der Waals surface area contributed by atoms with E-state index in [-0.39, 0.29) is 23.5 Å². The summed E-state index contributed by atoms with van der Waals surface area (Å²) in [5.41, 5.74) is 5.01. The van der Waals surface area contributed by atoms with Crippen molar-refractivity contribution < 1.29 is 4.79 Å². The summed E-state index contributed by atoms with van der Waals surface area (Å²) in [4.78, 5) is 36.8. The molecule has 1 amide bonds. The fourth-order valence-electron chi connectivity index (χ4n) is 2.26. The molecule has 1 unspecified atom stereocenters. The molecule has 1 fully saturated rings. The molecule has 0 aromatic carbocycles. The number of rotatable bonds is 5. The highest BCUT2D eigenvalue weighted by Crippen LogP contribution is 2.12. The molecule has 8 nitrogen and oxygen atoms in total. The number of amides is 1. The third-order valence-electron chi connectivity index (χ3n) is 3.30. The molecular weight excluding hydrogens is 262 g/mol. The lowest BCUT2D eigenvalue weighted by molar-refractivity contribution is -0.119. The number of H-pyrrole nitrogens is 1. The van der Waals surface area contributed by atoms with Crippen molar-refractivity contribution in [2.45, 2.75) is 38.8 Å². The van der Waals surface area contributed by atoms with Crippen LogP contribution in [0.4, 0.5) is 11.5 Å². The predicted molar refractivity (Wildman–Crippen MR) is 75.7 cm³/mol. The fourth-order valence-corrected chi connectivity index (χ4v) is 2.26. The lowest BCUT2D eigenvalue weighted by atomic mass is 10.2. The van der Waals surface area contributed by atoms with Gasteiger partial charge in [0.05, 0.1) is 0 Å². The minimum atomic E-state index is -0.538. The first-order valence-corrected chi connectivity index (χ1v) is 6.68. The Morgan fingerprint density at radius 1 is 1.40 bits per heavy atom. The van der Waals surface area contributed by atoms with Gasteiger partial charge in [-0.2, -0.15) is 0 Å². The first-order chi connectivity index (χ1) is 9.52. The Bertz CT molecular complexity index is 618. The van der Waals surface area contributed by atoms with Gasteiger partial charge in [0.15, 0.2) is 0 Å². The molecule has 8 heteroatoms. The molecule has 5 N–H and O–H groups in total. The number of hydrogen-bond donors (Lipinski definition) is 4. The summed E-state index contributed by atoms with van der Waals surface area (Å²) < 4.78 is 1.33. The normalized spacial score (nSPS) is 18.1. The van der Waals surface area contributed by atoms with Crippen LogP contribution in [0.25, 0.3) is 0 Å². The Kier molecular flexibility index (Phi) is 4.11. The molecule has 20 heavy (non-hydrogen) atoms. The van der Waals surface area contributed by atoms with E-state index in [0.29, 0.717) is 19.5 Å². The van der Waals surface area contributed by atoms with Gasteiger partial charge in [-0.15, -0.1) is 0 Å². The van der Waals surface area contributed by atoms with Crippen molar-refractivity contribution in [3.8, 4) is 0 Å². The lowest BCUT2D eigenvalue weighted by Gasteiger charge is -2.15. The zero-order chi connectivity index (χ0) is 14.7. The standard InChI is InChI=1S/C12H19N5O3/c1-2-5-17-10(13)9(11(19)16-12(17)20)14-6-7-3-4-8(18)15-7/h7,14H,2-6,13H2,1H3,(H,15,18)(H,16,19,20). The zero-order valence-corrected chi connectivity index (χ0v) is 11.4. The van der Waals surface area contributed by atoms with Crippen LogP contribution in [-0.4, -0.2) is 28.0 Å². The van der Waals surface area contributed by atoms with E-state index in [1.165, 1.54) is 4.57 Å². The number of carbonyl (C=O) groups excluding carboxylic acids is 1. The summed E-state index contributed by atoms with van der Waals surface area (Å²) in [7, 11) is 0. The van der Waals surface area contributed by atoms with Gasteiger partial charge in [-0.05, 0) is 12.8 Å². The van der Waals surface area contributed by atoms with Crippen LogP contribution in [-0.2, 0) is 11.3 Å². The van der Waals surface area contributed by atoms with Crippen LogP contribution in [0.3, 0.4) is 0 Å². The second-order valence-corrected chi connectivity index (χ2v) is 4.86. The summed E-state index contributed by atoms with van der Waals surface area (Å²) >= 11 is 0. The summed E-state index contributed by atoms with van der Waals surface area (Å²) in [5, 5.41) is 5.72. The number of nitrogens with two attached hydrogens (primary N) is 1. The maximum Gasteiger partial charge on any atom is 0.330 e. The zero-order valence-electron chi connectivity index (χ0n) is 11.4. The second kappa shape index (κ2) is 5.81. The topological polar surface area (TPSA) is 122 Å². The first-order valence-electron chi connectivity index (χ1n) is 6.68. The van der Waals surface area contributed by atoms with Gasteiger partial charge in [-0.3, -0.25) is 19.1 Å². The van der Waals surface area contributed by atoms with Gasteiger partial charge in [-0.1, -0.05) is 6.92 Å². The lowest BCUT2D eigenvalue weighted by Crippen LogP contribution is -2.37. The average molecular weight is 281 g/mol. The largest absolute Gasteiger partial charge is 0.383 e. The smallest absolute Gasteiger partial charge is 0.330 e. The molecule has 1 aliphatic heterocycles. The molecule has 1 aliphatic rings. The van der Waals surface area contributed by atoms with E-state index in [0.717, 1.165) is 12.8 Å². The second-order valence-electron chi connectivity index (χ2n) is 4.86. The van der Waals surface area contributed by atoms with Gasteiger partial charge < -0.3 is 16.4 Å². The third-order valence-corrected chi connectivity index (χ3v) is 3.30. The molecule has 0 aliphatic carbocycles. The summed E-state index contributed by atoms with van der Waals surface area (Å²) in [6.45, 7) is 2.76. The Morgan fingerprint density at radius 2 is 2.15 bits per heavy atom. The summed E-state index contributed by atoms with van der Waals surface area (Å²) in [6.07, 6.45) is 1.94. The monoisotopic (exact) mass is 281 g/mol. The molecule has 1 aromatic heterocycles. The Morgan fingerprint density at radius 3 is 2.75 bits per heavy atom. The van der Waals surface area contributed by atoms with E-state index in [2.05, 4.69) is 15.6 Å². The van der Waals surface area contributed by atoms with E-state index >= 15 is 0 Å². The molecule has 0 bridgehead atoms. The van der Waals surface area contributed by atoms with Crippen molar-refractivity contribution in [3.05, 3.63) is 20.8 Å². The number of aromatic amines is 1. The Hall–Kier alpha value is -2.25. The van der Waals surface area contributed by atoms with Crippen molar-refractivity contribution in [1.29, 1.82) is 0 Å². The minimum absolute atomic E-state index is 0.00892. The van der Waals surface area contributed by atoms with Gasteiger partial charge in [0.25, 0.3) is 5.56 Å². The highest BCUT2D eigenvalue weighted by molar-refractivity contribution is 5.78. The molecule has 1 atom stereocenters. The average Bonchev–Trinajstić information content (AvgIpc) is 2.80. The number of aromatic nitrogens is 2. The van der Waals surface area contributed by atoms with E-state index < -0.39 is 11.2 Å². The van der Waals surface area contributed by atoms with Crippen molar-refractivity contribution >= 4 is 17.4 Å². The number of nitrogens with one attached hydrogen (secondary N) is 3.